The van der Waals surface area contributed by atoms with Gasteiger partial charge >= 0.3 is 0 Å². The van der Waals surface area contributed by atoms with Gasteiger partial charge in [-0.05, 0) is 63.4 Å². The van der Waals surface area contributed by atoms with E-state index in [9.17, 15) is 13.6 Å². The largest absolute Gasteiger partial charge is 0.364 e. The third-order valence-electron chi connectivity index (χ3n) is 6.01. The number of rotatable bonds is 2. The summed E-state index contributed by atoms with van der Waals surface area (Å²) in [5.41, 5.74) is 0.365. The van der Waals surface area contributed by atoms with Crippen molar-refractivity contribution >= 4 is 11.6 Å². The molecule has 2 aromatic carbocycles. The Hall–Kier alpha value is -2.43. The fourth-order valence-electron chi connectivity index (χ4n) is 4.93. The zero-order valence-electron chi connectivity index (χ0n) is 15.7. The van der Waals surface area contributed by atoms with E-state index in [-0.39, 0.29) is 28.4 Å². The summed E-state index contributed by atoms with van der Waals surface area (Å²) in [5, 5.41) is 0. The van der Waals surface area contributed by atoms with Crippen LogP contribution in [0.1, 0.15) is 43.5 Å². The summed E-state index contributed by atoms with van der Waals surface area (Å²) >= 11 is 0. The minimum atomic E-state index is -0.483. The second-order valence-corrected chi connectivity index (χ2v) is 8.32. The summed E-state index contributed by atoms with van der Waals surface area (Å²) in [6.07, 6.45) is 2.55. The van der Waals surface area contributed by atoms with Crippen molar-refractivity contribution in [2.24, 2.45) is 0 Å². The summed E-state index contributed by atoms with van der Waals surface area (Å²) in [4.78, 5) is 17.2. The van der Waals surface area contributed by atoms with Crippen LogP contribution in [-0.4, -0.2) is 35.0 Å². The van der Waals surface area contributed by atoms with Gasteiger partial charge in [0.05, 0.1) is 11.1 Å². The lowest BCUT2D eigenvalue weighted by atomic mass is 9.87. The van der Waals surface area contributed by atoms with Gasteiger partial charge in [-0.25, -0.2) is 8.78 Å². The first kappa shape index (κ1) is 18.0. The molecule has 27 heavy (non-hydrogen) atoms. The summed E-state index contributed by atoms with van der Waals surface area (Å²) in [6, 6.07) is 12.8. The molecule has 1 spiro atoms. The van der Waals surface area contributed by atoms with Crippen LogP contribution in [-0.2, 0) is 0 Å². The number of halogens is 2. The van der Waals surface area contributed by atoms with E-state index in [1.165, 1.54) is 12.1 Å². The maximum atomic E-state index is 14.2. The molecule has 1 amide bonds. The number of amides is 1. The third kappa shape index (κ3) is 2.99. The van der Waals surface area contributed by atoms with Crippen molar-refractivity contribution in [2.75, 3.05) is 18.0 Å². The van der Waals surface area contributed by atoms with Gasteiger partial charge in [0.25, 0.3) is 5.91 Å². The highest BCUT2D eigenvalue weighted by atomic mass is 19.1. The number of likely N-dealkylation sites (tertiary alicyclic amines) is 1. The van der Waals surface area contributed by atoms with Gasteiger partial charge in [-0.1, -0.05) is 18.2 Å². The van der Waals surface area contributed by atoms with Gasteiger partial charge in [0.15, 0.2) is 0 Å². The maximum absolute atomic E-state index is 14.2. The molecule has 1 atom stereocenters. The molecule has 5 heteroatoms. The first-order chi connectivity index (χ1) is 12.8. The normalized spacial score (nSPS) is 24.0. The minimum Gasteiger partial charge on any atom is -0.364 e. The first-order valence-corrected chi connectivity index (χ1v) is 9.42. The van der Waals surface area contributed by atoms with Crippen LogP contribution < -0.4 is 4.90 Å². The van der Waals surface area contributed by atoms with Gasteiger partial charge < -0.3 is 9.80 Å². The van der Waals surface area contributed by atoms with Crippen molar-refractivity contribution in [1.29, 1.82) is 0 Å². The molecule has 2 heterocycles. The summed E-state index contributed by atoms with van der Waals surface area (Å²) in [6.45, 7) is 5.50. The van der Waals surface area contributed by atoms with Crippen molar-refractivity contribution in [2.45, 2.75) is 44.2 Å². The van der Waals surface area contributed by atoms with Crippen LogP contribution in [0, 0.1) is 11.6 Å². The van der Waals surface area contributed by atoms with Crippen LogP contribution in [0.2, 0.25) is 0 Å². The number of benzene rings is 2. The fraction of sp³-hybridized carbons (Fsp3) is 0.409. The van der Waals surface area contributed by atoms with Crippen molar-refractivity contribution in [3.63, 3.8) is 0 Å². The van der Waals surface area contributed by atoms with Crippen LogP contribution >= 0.6 is 0 Å². The van der Waals surface area contributed by atoms with E-state index in [1.807, 2.05) is 11.0 Å². The Bertz CT molecular complexity index is 882. The van der Waals surface area contributed by atoms with Crippen LogP contribution in [0.3, 0.4) is 0 Å². The molecule has 0 N–H and O–H groups in total. The topological polar surface area (TPSA) is 23.6 Å². The Balaban J connectivity index is 1.68. The molecule has 2 aliphatic heterocycles. The lowest BCUT2D eigenvalue weighted by Gasteiger charge is -2.35. The van der Waals surface area contributed by atoms with Crippen molar-refractivity contribution in [3.05, 3.63) is 65.7 Å². The van der Waals surface area contributed by atoms with Crippen LogP contribution in [0.5, 0.6) is 0 Å². The molecule has 2 aromatic rings. The predicted octanol–water partition coefficient (Wildman–Crippen LogP) is 4.63. The molecular weight excluding hydrogens is 346 g/mol. The highest BCUT2D eigenvalue weighted by Crippen LogP contribution is 2.47. The van der Waals surface area contributed by atoms with Crippen molar-refractivity contribution in [1.82, 2.24) is 4.90 Å². The van der Waals surface area contributed by atoms with Gasteiger partial charge in [-0.15, -0.1) is 0 Å². The van der Waals surface area contributed by atoms with Crippen LogP contribution in [0.4, 0.5) is 14.5 Å². The molecule has 0 saturated carbocycles. The molecule has 2 fully saturated rings. The molecule has 142 valence electrons. The van der Waals surface area contributed by atoms with Gasteiger partial charge in [0.2, 0.25) is 0 Å². The first-order valence-electron chi connectivity index (χ1n) is 9.42. The molecule has 2 saturated heterocycles. The third-order valence-corrected chi connectivity index (χ3v) is 6.01. The number of hydrogen-bond acceptors (Lipinski definition) is 2. The number of anilines is 1. The minimum absolute atomic E-state index is 0.126. The summed E-state index contributed by atoms with van der Waals surface area (Å²) in [5.74, 6) is -0.999. The van der Waals surface area contributed by atoms with E-state index < -0.39 is 5.82 Å². The maximum Gasteiger partial charge on any atom is 0.257 e. The molecule has 2 aliphatic rings. The van der Waals surface area contributed by atoms with E-state index in [4.69, 9.17) is 0 Å². The van der Waals surface area contributed by atoms with Gasteiger partial charge in [0, 0.05) is 24.3 Å². The molecule has 0 radical (unpaired) electrons. The Morgan fingerprint density at radius 3 is 2.59 bits per heavy atom. The average Bonchev–Trinajstić information content (AvgIpc) is 3.14. The second-order valence-electron chi connectivity index (χ2n) is 8.32. The highest BCUT2D eigenvalue weighted by Gasteiger charge is 2.55. The molecule has 0 bridgehead atoms. The predicted molar refractivity (Wildman–Crippen MR) is 102 cm³/mol. The van der Waals surface area contributed by atoms with E-state index in [0.717, 1.165) is 24.9 Å². The number of carbonyl (C=O) groups is 1. The molecule has 4 rings (SSSR count). The van der Waals surface area contributed by atoms with E-state index in [1.54, 1.807) is 30.3 Å². The molecule has 0 aliphatic carbocycles. The van der Waals surface area contributed by atoms with Crippen LogP contribution in [0.15, 0.2) is 48.5 Å². The van der Waals surface area contributed by atoms with Gasteiger partial charge in [0.1, 0.15) is 11.6 Å². The Labute approximate surface area is 158 Å². The van der Waals surface area contributed by atoms with Gasteiger partial charge in [-0.3, -0.25) is 4.79 Å². The van der Waals surface area contributed by atoms with Crippen molar-refractivity contribution in [3.8, 4) is 0 Å². The molecule has 0 aromatic heterocycles. The van der Waals surface area contributed by atoms with Crippen LogP contribution in [0.25, 0.3) is 0 Å². The van der Waals surface area contributed by atoms with Gasteiger partial charge in [-0.2, -0.15) is 0 Å². The lowest BCUT2D eigenvalue weighted by molar-refractivity contribution is 0.0612. The monoisotopic (exact) mass is 370 g/mol. The quantitative estimate of drug-likeness (QED) is 0.770. The van der Waals surface area contributed by atoms with E-state index >= 15 is 0 Å². The second kappa shape index (κ2) is 6.32. The molecule has 1 unspecified atom stereocenters. The molecular formula is C22H24F2N2O. The average molecular weight is 370 g/mol. The lowest BCUT2D eigenvalue weighted by Crippen LogP contribution is -2.49. The summed E-state index contributed by atoms with van der Waals surface area (Å²) < 4.78 is 28.0. The Morgan fingerprint density at radius 2 is 1.85 bits per heavy atom. The standard InChI is InChI=1S/C22H24F2N2O/c1-21(2)14-22(15-26(21)17-8-5-7-16(23)13-17)11-6-12-25(22)20(27)18-9-3-4-10-19(18)24/h3-5,7-10,13H,6,11-12,14-15H2,1-2H3. The van der Waals surface area contributed by atoms with Crippen molar-refractivity contribution < 1.29 is 13.6 Å². The van der Waals surface area contributed by atoms with E-state index in [0.29, 0.717) is 13.1 Å². The zero-order chi connectivity index (χ0) is 19.2. The number of nitrogens with zero attached hydrogens (tertiary/aromatic N) is 2. The summed E-state index contributed by atoms with van der Waals surface area (Å²) in [7, 11) is 0. The fourth-order valence-corrected chi connectivity index (χ4v) is 4.93. The number of carbonyl (C=O) groups excluding carboxylic acids is 1. The molecule has 3 nitrogen and oxygen atoms in total. The number of hydrogen-bond donors (Lipinski definition) is 0. The Kier molecular flexibility index (Phi) is 4.21. The SMILES string of the molecule is CC1(C)CC2(CCCN2C(=O)c2ccccc2F)CN1c1cccc(F)c1. The van der Waals surface area contributed by atoms with E-state index in [2.05, 4.69) is 18.7 Å². The Morgan fingerprint density at radius 1 is 1.07 bits per heavy atom. The smallest absolute Gasteiger partial charge is 0.257 e. The zero-order valence-corrected chi connectivity index (χ0v) is 15.7. The highest BCUT2D eigenvalue weighted by molar-refractivity contribution is 5.95.